The summed E-state index contributed by atoms with van der Waals surface area (Å²) in [6, 6.07) is 6.29. The first-order valence-electron chi connectivity index (χ1n) is 5.64. The molecule has 0 spiro atoms. The van der Waals surface area contributed by atoms with E-state index < -0.39 is 6.61 Å². The van der Waals surface area contributed by atoms with Gasteiger partial charge in [-0.05, 0) is 12.5 Å². The largest absolute Gasteiger partial charge is 0.434 e. The standard InChI is InChI=1S/C12H14F2N2O2/c13-12(14)18-10-4-2-1-3-7(10)6-16-11(17)8-5-9(8)15/h1-4,8-9,12H,5-6,15H2,(H,16,17). The van der Waals surface area contributed by atoms with Gasteiger partial charge in [0.15, 0.2) is 0 Å². The van der Waals surface area contributed by atoms with Gasteiger partial charge < -0.3 is 15.8 Å². The molecule has 1 aliphatic rings. The highest BCUT2D eigenvalue weighted by Gasteiger charge is 2.39. The van der Waals surface area contributed by atoms with E-state index in [0.717, 1.165) is 0 Å². The molecule has 2 unspecified atom stereocenters. The van der Waals surface area contributed by atoms with Gasteiger partial charge in [-0.25, -0.2) is 0 Å². The first-order chi connectivity index (χ1) is 8.58. The molecule has 3 N–H and O–H groups in total. The number of rotatable bonds is 5. The maximum absolute atomic E-state index is 12.2. The fourth-order valence-corrected chi connectivity index (χ4v) is 1.69. The van der Waals surface area contributed by atoms with Crippen molar-refractivity contribution in [2.45, 2.75) is 25.6 Å². The third-order valence-corrected chi connectivity index (χ3v) is 2.82. The summed E-state index contributed by atoms with van der Waals surface area (Å²) < 4.78 is 28.7. The van der Waals surface area contributed by atoms with Crippen molar-refractivity contribution in [3.63, 3.8) is 0 Å². The molecule has 6 heteroatoms. The lowest BCUT2D eigenvalue weighted by Crippen LogP contribution is -2.27. The number of nitrogens with one attached hydrogen (secondary N) is 1. The van der Waals surface area contributed by atoms with Gasteiger partial charge in [0, 0.05) is 18.2 Å². The highest BCUT2D eigenvalue weighted by Crippen LogP contribution is 2.28. The molecule has 0 heterocycles. The Hall–Kier alpha value is -1.69. The van der Waals surface area contributed by atoms with Crippen molar-refractivity contribution < 1.29 is 18.3 Å². The van der Waals surface area contributed by atoms with E-state index in [2.05, 4.69) is 10.1 Å². The summed E-state index contributed by atoms with van der Waals surface area (Å²) in [7, 11) is 0. The van der Waals surface area contributed by atoms with Crippen LogP contribution in [0.5, 0.6) is 5.75 Å². The third-order valence-electron chi connectivity index (χ3n) is 2.82. The Balaban J connectivity index is 1.94. The lowest BCUT2D eigenvalue weighted by atomic mass is 10.2. The number of hydrogen-bond donors (Lipinski definition) is 2. The zero-order valence-corrected chi connectivity index (χ0v) is 9.61. The molecule has 2 rings (SSSR count). The van der Waals surface area contributed by atoms with Gasteiger partial charge in [0.1, 0.15) is 5.75 Å². The molecule has 1 amide bonds. The zero-order valence-electron chi connectivity index (χ0n) is 9.61. The van der Waals surface area contributed by atoms with E-state index in [4.69, 9.17) is 5.73 Å². The summed E-state index contributed by atoms with van der Waals surface area (Å²) in [6.45, 7) is -2.72. The highest BCUT2D eigenvalue weighted by molar-refractivity contribution is 5.82. The van der Waals surface area contributed by atoms with Crippen LogP contribution < -0.4 is 15.8 Å². The molecule has 1 fully saturated rings. The Labute approximate surface area is 103 Å². The average molecular weight is 256 g/mol. The molecule has 0 aliphatic heterocycles. The quantitative estimate of drug-likeness (QED) is 0.833. The van der Waals surface area contributed by atoms with Gasteiger partial charge in [-0.1, -0.05) is 18.2 Å². The van der Waals surface area contributed by atoms with Gasteiger partial charge in [-0.3, -0.25) is 4.79 Å². The minimum atomic E-state index is -2.88. The van der Waals surface area contributed by atoms with E-state index in [-0.39, 0.29) is 30.2 Å². The molecule has 98 valence electrons. The molecule has 18 heavy (non-hydrogen) atoms. The topological polar surface area (TPSA) is 64.4 Å². The van der Waals surface area contributed by atoms with Gasteiger partial charge in [-0.2, -0.15) is 8.78 Å². The Bertz CT molecular complexity index is 440. The van der Waals surface area contributed by atoms with Gasteiger partial charge in [0.05, 0.1) is 5.92 Å². The number of carbonyl (C=O) groups is 1. The number of nitrogens with two attached hydrogens (primary N) is 1. The zero-order chi connectivity index (χ0) is 13.1. The van der Waals surface area contributed by atoms with Gasteiger partial charge in [-0.15, -0.1) is 0 Å². The van der Waals surface area contributed by atoms with Crippen molar-refractivity contribution >= 4 is 5.91 Å². The highest BCUT2D eigenvalue weighted by atomic mass is 19.3. The average Bonchev–Trinajstić information content (AvgIpc) is 3.04. The molecular formula is C12H14F2N2O2. The molecule has 0 bridgehead atoms. The fourth-order valence-electron chi connectivity index (χ4n) is 1.69. The van der Waals surface area contributed by atoms with Gasteiger partial charge in [0.2, 0.25) is 5.91 Å². The maximum atomic E-state index is 12.2. The van der Waals surface area contributed by atoms with Crippen LogP contribution in [0, 0.1) is 5.92 Å². The Morgan fingerprint density at radius 3 is 2.78 bits per heavy atom. The number of ether oxygens (including phenoxy) is 1. The van der Waals surface area contributed by atoms with Gasteiger partial charge >= 0.3 is 6.61 Å². The second-order valence-corrected chi connectivity index (χ2v) is 4.21. The van der Waals surface area contributed by atoms with Crippen LogP contribution in [0.1, 0.15) is 12.0 Å². The van der Waals surface area contributed by atoms with Crippen LogP contribution in [0.2, 0.25) is 0 Å². The van der Waals surface area contributed by atoms with E-state index in [1.807, 2.05) is 0 Å². The van der Waals surface area contributed by atoms with Crippen molar-refractivity contribution in [2.24, 2.45) is 11.7 Å². The normalized spacial score (nSPS) is 21.8. The lowest BCUT2D eigenvalue weighted by molar-refractivity contribution is -0.122. The van der Waals surface area contributed by atoms with Crippen LogP contribution in [0.3, 0.4) is 0 Å². The number of amides is 1. The lowest BCUT2D eigenvalue weighted by Gasteiger charge is -2.11. The number of para-hydroxylation sites is 1. The summed E-state index contributed by atoms with van der Waals surface area (Å²) in [4.78, 5) is 11.5. The first kappa shape index (κ1) is 12.8. The molecule has 0 aromatic heterocycles. The SMILES string of the molecule is NC1CC1C(=O)NCc1ccccc1OC(F)F. The number of alkyl halides is 2. The summed E-state index contributed by atoms with van der Waals surface area (Å²) in [5.74, 6) is -0.213. The van der Waals surface area contributed by atoms with E-state index in [1.54, 1.807) is 18.2 Å². The van der Waals surface area contributed by atoms with Crippen LogP contribution in [-0.2, 0) is 11.3 Å². The van der Waals surface area contributed by atoms with E-state index in [9.17, 15) is 13.6 Å². The van der Waals surface area contributed by atoms with Crippen molar-refractivity contribution in [2.75, 3.05) is 0 Å². The predicted molar refractivity (Wildman–Crippen MR) is 61.0 cm³/mol. The van der Waals surface area contributed by atoms with Crippen LogP contribution in [-0.4, -0.2) is 18.6 Å². The Kier molecular flexibility index (Phi) is 3.76. The molecule has 4 nitrogen and oxygen atoms in total. The summed E-state index contributed by atoms with van der Waals surface area (Å²) >= 11 is 0. The minimum absolute atomic E-state index is 0.0717. The van der Waals surface area contributed by atoms with Crippen molar-refractivity contribution in [1.29, 1.82) is 0 Å². The van der Waals surface area contributed by atoms with Crippen molar-refractivity contribution in [3.8, 4) is 5.75 Å². The van der Waals surface area contributed by atoms with E-state index in [0.29, 0.717) is 12.0 Å². The van der Waals surface area contributed by atoms with Crippen molar-refractivity contribution in [3.05, 3.63) is 29.8 Å². The fraction of sp³-hybridized carbons (Fsp3) is 0.417. The second-order valence-electron chi connectivity index (χ2n) is 4.21. The molecule has 1 aliphatic carbocycles. The molecular weight excluding hydrogens is 242 g/mol. The number of benzene rings is 1. The number of carbonyl (C=O) groups excluding carboxylic acids is 1. The van der Waals surface area contributed by atoms with Crippen LogP contribution in [0.4, 0.5) is 8.78 Å². The molecule has 1 saturated carbocycles. The Morgan fingerprint density at radius 2 is 2.17 bits per heavy atom. The molecule has 2 atom stereocenters. The van der Waals surface area contributed by atoms with Crippen molar-refractivity contribution in [1.82, 2.24) is 5.32 Å². The van der Waals surface area contributed by atoms with Crippen LogP contribution in [0.25, 0.3) is 0 Å². The smallest absolute Gasteiger partial charge is 0.387 e. The monoisotopic (exact) mass is 256 g/mol. The maximum Gasteiger partial charge on any atom is 0.387 e. The van der Waals surface area contributed by atoms with Crippen LogP contribution in [0.15, 0.2) is 24.3 Å². The van der Waals surface area contributed by atoms with E-state index >= 15 is 0 Å². The Morgan fingerprint density at radius 1 is 1.50 bits per heavy atom. The molecule has 1 aromatic rings. The number of hydrogen-bond acceptors (Lipinski definition) is 3. The second kappa shape index (κ2) is 5.30. The van der Waals surface area contributed by atoms with Crippen LogP contribution >= 0.6 is 0 Å². The van der Waals surface area contributed by atoms with Gasteiger partial charge in [0.25, 0.3) is 0 Å². The minimum Gasteiger partial charge on any atom is -0.434 e. The summed E-state index contributed by atoms with van der Waals surface area (Å²) in [5.41, 5.74) is 6.06. The predicted octanol–water partition coefficient (Wildman–Crippen LogP) is 1.25. The summed E-state index contributed by atoms with van der Waals surface area (Å²) in [5, 5.41) is 2.66. The molecule has 0 radical (unpaired) electrons. The first-order valence-corrected chi connectivity index (χ1v) is 5.64. The number of halogens is 2. The summed E-state index contributed by atoms with van der Waals surface area (Å²) in [6.07, 6.45) is 0.682. The van der Waals surface area contributed by atoms with E-state index in [1.165, 1.54) is 6.07 Å². The third kappa shape index (κ3) is 3.16. The molecule has 0 saturated heterocycles. The molecule has 1 aromatic carbocycles.